The number of carbonyl (C=O) groups is 2. The molecule has 2 rings (SSSR count). The van der Waals surface area contributed by atoms with E-state index in [1.165, 1.54) is 11.0 Å². The van der Waals surface area contributed by atoms with E-state index in [1.807, 2.05) is 45.9 Å². The van der Waals surface area contributed by atoms with Crippen LogP contribution in [0.15, 0.2) is 42.5 Å². The first kappa shape index (κ1) is 23.4. The Bertz CT molecular complexity index is 885. The van der Waals surface area contributed by atoms with Crippen LogP contribution in [0.4, 0.5) is 4.39 Å². The van der Waals surface area contributed by atoms with Gasteiger partial charge in [-0.3, -0.25) is 9.59 Å². The van der Waals surface area contributed by atoms with Gasteiger partial charge in [0.2, 0.25) is 5.91 Å². The van der Waals surface area contributed by atoms with Crippen molar-refractivity contribution in [2.45, 2.75) is 59.7 Å². The van der Waals surface area contributed by atoms with Gasteiger partial charge in [0.25, 0.3) is 5.91 Å². The van der Waals surface area contributed by atoms with Gasteiger partial charge >= 0.3 is 0 Å². The van der Waals surface area contributed by atoms with Crippen LogP contribution in [0.5, 0.6) is 5.75 Å². The van der Waals surface area contributed by atoms with Crippen LogP contribution >= 0.6 is 0 Å². The molecule has 0 saturated heterocycles. The lowest BCUT2D eigenvalue weighted by Gasteiger charge is -2.29. The average molecular weight is 415 g/mol. The van der Waals surface area contributed by atoms with Gasteiger partial charge in [-0.25, -0.2) is 4.39 Å². The third-order valence-corrected chi connectivity index (χ3v) is 5.16. The summed E-state index contributed by atoms with van der Waals surface area (Å²) in [5.41, 5.74) is 2.28. The van der Waals surface area contributed by atoms with Crippen molar-refractivity contribution in [3.05, 3.63) is 65.0 Å². The summed E-state index contributed by atoms with van der Waals surface area (Å²) in [5.74, 6) is -0.460. The van der Waals surface area contributed by atoms with Crippen LogP contribution in [-0.2, 0) is 16.1 Å². The minimum Gasteiger partial charge on any atom is -0.483 e. The van der Waals surface area contributed by atoms with E-state index in [1.54, 1.807) is 25.1 Å². The molecule has 0 bridgehead atoms. The van der Waals surface area contributed by atoms with Gasteiger partial charge in [-0.05, 0) is 57.4 Å². The zero-order chi connectivity index (χ0) is 22.3. The number of halogens is 1. The molecule has 0 aliphatic rings. The fourth-order valence-corrected chi connectivity index (χ4v) is 2.94. The van der Waals surface area contributed by atoms with Crippen molar-refractivity contribution >= 4 is 11.8 Å². The molecular formula is C24H31FN2O3. The van der Waals surface area contributed by atoms with Crippen LogP contribution in [-0.4, -0.2) is 35.4 Å². The van der Waals surface area contributed by atoms with Crippen LogP contribution in [0.3, 0.4) is 0 Å². The molecule has 2 aromatic carbocycles. The second-order valence-electron chi connectivity index (χ2n) is 7.66. The van der Waals surface area contributed by atoms with Crippen molar-refractivity contribution in [3.8, 4) is 5.75 Å². The van der Waals surface area contributed by atoms with E-state index in [2.05, 4.69) is 5.32 Å². The number of nitrogens with zero attached hydrogens (tertiary/aromatic N) is 1. The Morgan fingerprint density at radius 1 is 1.13 bits per heavy atom. The van der Waals surface area contributed by atoms with Crippen molar-refractivity contribution < 1.29 is 18.7 Å². The van der Waals surface area contributed by atoms with E-state index < -0.39 is 11.9 Å². The molecule has 2 aromatic rings. The molecule has 0 aromatic heterocycles. The van der Waals surface area contributed by atoms with Gasteiger partial charge in [-0.2, -0.15) is 0 Å². The molecule has 2 amide bonds. The number of nitrogens with one attached hydrogen (secondary N) is 1. The highest BCUT2D eigenvalue weighted by atomic mass is 19.1. The van der Waals surface area contributed by atoms with Crippen LogP contribution in [0.25, 0.3) is 0 Å². The summed E-state index contributed by atoms with van der Waals surface area (Å²) >= 11 is 0. The third-order valence-electron chi connectivity index (χ3n) is 5.16. The maximum atomic E-state index is 14.2. The molecule has 1 N–H and O–H groups in total. The van der Waals surface area contributed by atoms with Crippen LogP contribution < -0.4 is 10.1 Å². The molecule has 30 heavy (non-hydrogen) atoms. The zero-order valence-electron chi connectivity index (χ0n) is 18.4. The van der Waals surface area contributed by atoms with Gasteiger partial charge in [0.1, 0.15) is 17.6 Å². The summed E-state index contributed by atoms with van der Waals surface area (Å²) in [6.07, 6.45) is 0.773. The highest BCUT2D eigenvalue weighted by Gasteiger charge is 2.28. The predicted molar refractivity (Wildman–Crippen MR) is 116 cm³/mol. The molecule has 6 heteroatoms. The van der Waals surface area contributed by atoms with E-state index in [4.69, 9.17) is 4.74 Å². The first-order chi connectivity index (χ1) is 14.2. The van der Waals surface area contributed by atoms with Gasteiger partial charge in [0.15, 0.2) is 6.61 Å². The van der Waals surface area contributed by atoms with Crippen molar-refractivity contribution in [1.29, 1.82) is 0 Å². The molecule has 0 radical (unpaired) electrons. The van der Waals surface area contributed by atoms with Crippen LogP contribution in [0, 0.1) is 19.7 Å². The molecule has 2 atom stereocenters. The predicted octanol–water partition coefficient (Wildman–Crippen LogP) is 4.15. The molecular weight excluding hydrogens is 383 g/mol. The minimum atomic E-state index is -0.770. The molecule has 0 fully saturated rings. The second kappa shape index (κ2) is 10.8. The SMILES string of the molecule is CC[C@@H](C)NC(=O)[C@H](C)N(Cc1ccccc1F)C(=O)COc1cc(C)ccc1C. The Morgan fingerprint density at radius 2 is 1.83 bits per heavy atom. The number of carbonyl (C=O) groups excluding carboxylic acids is 2. The third kappa shape index (κ3) is 6.31. The first-order valence-electron chi connectivity index (χ1n) is 10.3. The number of rotatable bonds is 9. The first-order valence-corrected chi connectivity index (χ1v) is 10.3. The number of hydrogen-bond acceptors (Lipinski definition) is 3. The van der Waals surface area contributed by atoms with Crippen molar-refractivity contribution in [2.24, 2.45) is 0 Å². The fourth-order valence-electron chi connectivity index (χ4n) is 2.94. The molecule has 0 saturated carbocycles. The van der Waals surface area contributed by atoms with E-state index in [-0.39, 0.29) is 31.0 Å². The fraction of sp³-hybridized carbons (Fsp3) is 0.417. The molecule has 5 nitrogen and oxygen atoms in total. The van der Waals surface area contributed by atoms with Crippen molar-refractivity contribution in [3.63, 3.8) is 0 Å². The summed E-state index contributed by atoms with van der Waals surface area (Å²) in [7, 11) is 0. The molecule has 0 aliphatic carbocycles. The van der Waals surface area contributed by atoms with Crippen LogP contribution in [0.1, 0.15) is 43.9 Å². The molecule has 162 valence electrons. The van der Waals surface area contributed by atoms with E-state index in [0.717, 1.165) is 17.5 Å². The zero-order valence-corrected chi connectivity index (χ0v) is 18.4. The highest BCUT2D eigenvalue weighted by Crippen LogP contribution is 2.20. The Morgan fingerprint density at radius 3 is 2.50 bits per heavy atom. The lowest BCUT2D eigenvalue weighted by atomic mass is 10.1. The average Bonchev–Trinajstić information content (AvgIpc) is 2.72. The molecule has 0 heterocycles. The van der Waals surface area contributed by atoms with Gasteiger partial charge in [0, 0.05) is 18.2 Å². The summed E-state index contributed by atoms with van der Waals surface area (Å²) in [6.45, 7) is 9.11. The monoisotopic (exact) mass is 414 g/mol. The number of ether oxygens (including phenoxy) is 1. The number of amides is 2. The molecule has 0 unspecified atom stereocenters. The van der Waals surface area contributed by atoms with Gasteiger partial charge in [-0.1, -0.05) is 37.3 Å². The maximum Gasteiger partial charge on any atom is 0.261 e. The minimum absolute atomic E-state index is 0.0171. The quantitative estimate of drug-likeness (QED) is 0.671. The largest absolute Gasteiger partial charge is 0.483 e. The normalized spacial score (nSPS) is 12.7. The highest BCUT2D eigenvalue weighted by molar-refractivity contribution is 5.88. The lowest BCUT2D eigenvalue weighted by Crippen LogP contribution is -2.50. The number of hydrogen-bond donors (Lipinski definition) is 1. The van der Waals surface area contributed by atoms with E-state index >= 15 is 0 Å². The number of benzene rings is 2. The smallest absolute Gasteiger partial charge is 0.261 e. The summed E-state index contributed by atoms with van der Waals surface area (Å²) in [6, 6.07) is 11.2. The Hall–Kier alpha value is -2.89. The lowest BCUT2D eigenvalue weighted by molar-refractivity contribution is -0.142. The molecule has 0 spiro atoms. The van der Waals surface area contributed by atoms with E-state index in [9.17, 15) is 14.0 Å². The Balaban J connectivity index is 2.20. The summed E-state index contributed by atoms with van der Waals surface area (Å²) < 4.78 is 20.0. The topological polar surface area (TPSA) is 58.6 Å². The van der Waals surface area contributed by atoms with Crippen molar-refractivity contribution in [2.75, 3.05) is 6.61 Å². The maximum absolute atomic E-state index is 14.2. The Labute approximate surface area is 178 Å². The summed E-state index contributed by atoms with van der Waals surface area (Å²) in [4.78, 5) is 27.1. The Kier molecular flexibility index (Phi) is 8.39. The van der Waals surface area contributed by atoms with Gasteiger partial charge < -0.3 is 15.0 Å². The number of aryl methyl sites for hydroxylation is 2. The van der Waals surface area contributed by atoms with Crippen molar-refractivity contribution in [1.82, 2.24) is 10.2 Å². The summed E-state index contributed by atoms with van der Waals surface area (Å²) in [5, 5.41) is 2.89. The van der Waals surface area contributed by atoms with Gasteiger partial charge in [-0.15, -0.1) is 0 Å². The standard InChI is InChI=1S/C24H31FN2O3/c1-6-18(4)26-24(29)19(5)27(14-20-9-7-8-10-21(20)25)23(28)15-30-22-13-16(2)11-12-17(22)3/h7-13,18-19H,6,14-15H2,1-5H3,(H,26,29)/t18-,19+/m1/s1. The molecule has 0 aliphatic heterocycles. The van der Waals surface area contributed by atoms with Crippen LogP contribution in [0.2, 0.25) is 0 Å². The second-order valence-corrected chi connectivity index (χ2v) is 7.66. The van der Waals surface area contributed by atoms with Gasteiger partial charge in [0.05, 0.1) is 0 Å². The van der Waals surface area contributed by atoms with E-state index in [0.29, 0.717) is 11.3 Å².